The van der Waals surface area contributed by atoms with Gasteiger partial charge in [0.15, 0.2) is 0 Å². The third-order valence-electron chi connectivity index (χ3n) is 2.67. The van der Waals surface area contributed by atoms with E-state index >= 15 is 0 Å². The molecule has 1 aromatic carbocycles. The normalized spacial score (nSPS) is 11.3. The van der Waals surface area contributed by atoms with Gasteiger partial charge in [0.05, 0.1) is 5.52 Å². The van der Waals surface area contributed by atoms with E-state index in [1.54, 1.807) is 18.3 Å². The Morgan fingerprint density at radius 1 is 1.33 bits per heavy atom. The molecule has 0 aliphatic rings. The summed E-state index contributed by atoms with van der Waals surface area (Å²) < 4.78 is 14.1. The lowest BCUT2D eigenvalue weighted by molar-refractivity contribution is 0.607. The molecule has 1 nitrogen and oxygen atoms in total. The van der Waals surface area contributed by atoms with E-state index in [-0.39, 0.29) is 11.7 Å². The summed E-state index contributed by atoms with van der Waals surface area (Å²) in [5.74, 6) is 0.0858. The van der Waals surface area contributed by atoms with Gasteiger partial charge in [0.25, 0.3) is 0 Å². The largest absolute Gasteiger partial charge is 0.256 e. The summed E-state index contributed by atoms with van der Waals surface area (Å²) in [5, 5.41) is 0.617. The van der Waals surface area contributed by atoms with E-state index in [1.165, 1.54) is 0 Å². The first-order valence-electron chi connectivity index (χ1n) is 5.15. The van der Waals surface area contributed by atoms with Gasteiger partial charge in [0.1, 0.15) is 5.82 Å². The molecule has 2 aromatic rings. The molecule has 0 N–H and O–H groups in total. The van der Waals surface area contributed by atoms with Crippen molar-refractivity contribution in [2.75, 3.05) is 0 Å². The first-order valence-corrected chi connectivity index (χ1v) is 5.15. The molecule has 0 aliphatic carbocycles. The van der Waals surface area contributed by atoms with Crippen LogP contribution in [0.1, 0.15) is 30.9 Å². The van der Waals surface area contributed by atoms with Crippen molar-refractivity contribution in [2.45, 2.75) is 26.7 Å². The smallest absolute Gasteiger partial charge is 0.136 e. The lowest BCUT2D eigenvalue weighted by atomic mass is 9.95. The van der Waals surface area contributed by atoms with Crippen LogP contribution in [0.3, 0.4) is 0 Å². The molecule has 0 aliphatic heterocycles. The SMILES string of the molecule is Cc1cc2ncccc2c(F)c1C(C)C. The number of hydrogen-bond donors (Lipinski definition) is 0. The third kappa shape index (κ3) is 1.60. The van der Waals surface area contributed by atoms with Gasteiger partial charge in [-0.1, -0.05) is 13.8 Å². The molecule has 2 rings (SSSR count). The molecule has 1 heterocycles. The van der Waals surface area contributed by atoms with Crippen molar-refractivity contribution in [3.05, 3.63) is 41.3 Å². The maximum atomic E-state index is 14.1. The fraction of sp³-hybridized carbons (Fsp3) is 0.308. The zero-order valence-electron chi connectivity index (χ0n) is 9.21. The highest BCUT2D eigenvalue weighted by Crippen LogP contribution is 2.28. The molecule has 0 fully saturated rings. The number of fused-ring (bicyclic) bond motifs is 1. The predicted molar refractivity (Wildman–Crippen MR) is 60.5 cm³/mol. The average Bonchev–Trinajstić information content (AvgIpc) is 2.17. The molecule has 0 saturated heterocycles. The second-order valence-electron chi connectivity index (χ2n) is 4.15. The van der Waals surface area contributed by atoms with Gasteiger partial charge >= 0.3 is 0 Å². The lowest BCUT2D eigenvalue weighted by Crippen LogP contribution is -1.98. The Labute approximate surface area is 89.0 Å². The number of nitrogens with zero attached hydrogens (tertiary/aromatic N) is 1. The number of benzene rings is 1. The van der Waals surface area contributed by atoms with E-state index in [9.17, 15) is 4.39 Å². The van der Waals surface area contributed by atoms with Crippen LogP contribution in [0.25, 0.3) is 10.9 Å². The van der Waals surface area contributed by atoms with Crippen molar-refractivity contribution in [3.8, 4) is 0 Å². The topological polar surface area (TPSA) is 12.9 Å². The Kier molecular flexibility index (Phi) is 2.43. The Bertz CT molecular complexity index is 503. The van der Waals surface area contributed by atoms with Gasteiger partial charge < -0.3 is 0 Å². The Morgan fingerprint density at radius 3 is 2.73 bits per heavy atom. The van der Waals surface area contributed by atoms with E-state index in [1.807, 2.05) is 26.8 Å². The molecule has 0 atom stereocenters. The average molecular weight is 203 g/mol. The molecule has 0 amide bonds. The highest BCUT2D eigenvalue weighted by molar-refractivity contribution is 5.81. The van der Waals surface area contributed by atoms with Crippen LogP contribution in [0.2, 0.25) is 0 Å². The quantitative estimate of drug-likeness (QED) is 0.686. The van der Waals surface area contributed by atoms with E-state index in [4.69, 9.17) is 0 Å². The predicted octanol–water partition coefficient (Wildman–Crippen LogP) is 3.81. The first kappa shape index (κ1) is 10.1. The Balaban J connectivity index is 2.84. The molecular formula is C13H14FN. The summed E-state index contributed by atoms with van der Waals surface area (Å²) >= 11 is 0. The lowest BCUT2D eigenvalue weighted by Gasteiger charge is -2.12. The van der Waals surface area contributed by atoms with Gasteiger partial charge in [0, 0.05) is 11.6 Å². The number of aryl methyl sites for hydroxylation is 1. The number of rotatable bonds is 1. The standard InChI is InChI=1S/C13H14FN/c1-8(2)12-9(3)7-11-10(13(12)14)5-4-6-15-11/h4-8H,1-3H3. The second kappa shape index (κ2) is 3.61. The summed E-state index contributed by atoms with van der Waals surface area (Å²) in [6.45, 7) is 5.95. The van der Waals surface area contributed by atoms with Crippen molar-refractivity contribution in [1.29, 1.82) is 0 Å². The molecule has 0 radical (unpaired) electrons. The molecule has 78 valence electrons. The number of halogens is 1. The van der Waals surface area contributed by atoms with E-state index < -0.39 is 0 Å². The summed E-state index contributed by atoms with van der Waals surface area (Å²) in [5.41, 5.74) is 2.51. The maximum Gasteiger partial charge on any atom is 0.136 e. The van der Waals surface area contributed by atoms with E-state index in [2.05, 4.69) is 4.98 Å². The van der Waals surface area contributed by atoms with Crippen molar-refractivity contribution < 1.29 is 4.39 Å². The van der Waals surface area contributed by atoms with Crippen LogP contribution in [0.4, 0.5) is 4.39 Å². The number of pyridine rings is 1. The minimum absolute atomic E-state index is 0.117. The molecule has 0 unspecified atom stereocenters. The van der Waals surface area contributed by atoms with Gasteiger partial charge in [0.2, 0.25) is 0 Å². The van der Waals surface area contributed by atoms with Gasteiger partial charge in [-0.2, -0.15) is 0 Å². The fourth-order valence-electron chi connectivity index (χ4n) is 2.03. The minimum atomic E-state index is -0.117. The summed E-state index contributed by atoms with van der Waals surface area (Å²) in [6, 6.07) is 5.50. The first-order chi connectivity index (χ1) is 7.11. The Morgan fingerprint density at radius 2 is 2.07 bits per heavy atom. The number of hydrogen-bond acceptors (Lipinski definition) is 1. The molecule has 1 aromatic heterocycles. The van der Waals surface area contributed by atoms with E-state index in [0.717, 1.165) is 16.6 Å². The van der Waals surface area contributed by atoms with Crippen LogP contribution in [-0.4, -0.2) is 4.98 Å². The van der Waals surface area contributed by atoms with Crippen molar-refractivity contribution in [2.24, 2.45) is 0 Å². The zero-order chi connectivity index (χ0) is 11.0. The van der Waals surface area contributed by atoms with Gasteiger partial charge in [-0.25, -0.2) is 4.39 Å². The summed E-state index contributed by atoms with van der Waals surface area (Å²) in [6.07, 6.45) is 1.69. The number of aromatic nitrogens is 1. The molecule has 0 saturated carbocycles. The van der Waals surface area contributed by atoms with Crippen molar-refractivity contribution >= 4 is 10.9 Å². The van der Waals surface area contributed by atoms with Gasteiger partial charge in [-0.15, -0.1) is 0 Å². The van der Waals surface area contributed by atoms with E-state index in [0.29, 0.717) is 5.39 Å². The van der Waals surface area contributed by atoms with Crippen LogP contribution < -0.4 is 0 Å². The molecule has 15 heavy (non-hydrogen) atoms. The summed E-state index contributed by atoms with van der Waals surface area (Å²) in [7, 11) is 0. The van der Waals surface area contributed by atoms with Crippen LogP contribution >= 0.6 is 0 Å². The van der Waals surface area contributed by atoms with Crippen molar-refractivity contribution in [1.82, 2.24) is 4.98 Å². The maximum absolute atomic E-state index is 14.1. The Hall–Kier alpha value is -1.44. The molecular weight excluding hydrogens is 189 g/mol. The van der Waals surface area contributed by atoms with Gasteiger partial charge in [-0.3, -0.25) is 4.98 Å². The zero-order valence-corrected chi connectivity index (χ0v) is 9.21. The molecule has 0 spiro atoms. The third-order valence-corrected chi connectivity index (χ3v) is 2.67. The highest BCUT2D eigenvalue weighted by Gasteiger charge is 2.13. The van der Waals surface area contributed by atoms with Gasteiger partial charge in [-0.05, 0) is 42.2 Å². The monoisotopic (exact) mass is 203 g/mol. The van der Waals surface area contributed by atoms with Crippen LogP contribution in [0.15, 0.2) is 24.4 Å². The second-order valence-corrected chi connectivity index (χ2v) is 4.15. The van der Waals surface area contributed by atoms with Crippen molar-refractivity contribution in [3.63, 3.8) is 0 Å². The van der Waals surface area contributed by atoms with Crippen LogP contribution in [0, 0.1) is 12.7 Å². The fourth-order valence-corrected chi connectivity index (χ4v) is 2.03. The molecule has 0 bridgehead atoms. The van der Waals surface area contributed by atoms with Crippen LogP contribution in [0.5, 0.6) is 0 Å². The highest BCUT2D eigenvalue weighted by atomic mass is 19.1. The summed E-state index contributed by atoms with van der Waals surface area (Å²) in [4.78, 5) is 4.16. The minimum Gasteiger partial charge on any atom is -0.256 e. The molecule has 2 heteroatoms. The van der Waals surface area contributed by atoms with Crippen LogP contribution in [-0.2, 0) is 0 Å².